The molecule has 0 spiro atoms. The Morgan fingerprint density at radius 3 is 2.41 bits per heavy atom. The predicted molar refractivity (Wildman–Crippen MR) is 128 cm³/mol. The molecule has 0 heterocycles. The minimum absolute atomic E-state index is 0.0925. The van der Waals surface area contributed by atoms with Gasteiger partial charge in [0.2, 0.25) is 0 Å². The van der Waals surface area contributed by atoms with Crippen molar-refractivity contribution in [1.29, 1.82) is 0 Å². The van der Waals surface area contributed by atoms with E-state index < -0.39 is 21.8 Å². The first-order valence-electron chi connectivity index (χ1n) is 11.3. The Bertz CT molecular complexity index is 1020. The van der Waals surface area contributed by atoms with E-state index in [0.717, 1.165) is 47.1 Å². The second kappa shape index (κ2) is 9.84. The van der Waals surface area contributed by atoms with Crippen LogP contribution in [0.4, 0.5) is 4.39 Å². The van der Waals surface area contributed by atoms with Gasteiger partial charge >= 0.3 is 5.97 Å². The summed E-state index contributed by atoms with van der Waals surface area (Å²) in [6.07, 6.45) is 3.10. The van der Waals surface area contributed by atoms with Crippen molar-refractivity contribution in [1.82, 2.24) is 4.72 Å². The third-order valence-electron chi connectivity index (χ3n) is 5.89. The largest absolute Gasteiger partial charge is 0.466 e. The normalized spacial score (nSPS) is 15.3. The third-order valence-corrected chi connectivity index (χ3v) is 7.50. The van der Waals surface area contributed by atoms with Gasteiger partial charge in [0.05, 0.1) is 34.8 Å². The Hall–Kier alpha value is -2.05. The molecule has 1 aliphatic carbocycles. The van der Waals surface area contributed by atoms with Gasteiger partial charge in [-0.1, -0.05) is 6.07 Å². The summed E-state index contributed by atoms with van der Waals surface area (Å²) in [5, 5.41) is 0. The van der Waals surface area contributed by atoms with E-state index in [4.69, 9.17) is 4.74 Å². The number of carbonyl (C=O) groups excluding carboxylic acids is 1. The second-order valence-electron chi connectivity index (χ2n) is 9.53. The molecule has 0 bridgehead atoms. The van der Waals surface area contributed by atoms with Crippen LogP contribution in [0.25, 0.3) is 11.1 Å². The van der Waals surface area contributed by atoms with Crippen LogP contribution in [-0.2, 0) is 33.4 Å². The number of nitrogens with one attached hydrogen (secondary N) is 1. The van der Waals surface area contributed by atoms with Gasteiger partial charge < -0.3 is 4.74 Å². The first-order chi connectivity index (χ1) is 15.0. The van der Waals surface area contributed by atoms with Gasteiger partial charge in [0.25, 0.3) is 0 Å². The molecule has 0 radical (unpaired) electrons. The van der Waals surface area contributed by atoms with E-state index in [1.54, 1.807) is 19.1 Å². The zero-order valence-corrected chi connectivity index (χ0v) is 20.7. The summed E-state index contributed by atoms with van der Waals surface area (Å²) in [4.78, 5) is 12.4. The SMILES string of the molecule is CCOC(=O)CC(N[S@](=O)C(C)(C)C)c1cc2c(c(-c3c(C)cc(F)cc3C)c1)CCC2. The number of benzene rings is 2. The molecule has 2 aromatic rings. The highest BCUT2D eigenvalue weighted by molar-refractivity contribution is 7.84. The van der Waals surface area contributed by atoms with Gasteiger partial charge in [0.15, 0.2) is 0 Å². The summed E-state index contributed by atoms with van der Waals surface area (Å²) < 4.78 is 34.8. The second-order valence-corrected chi connectivity index (χ2v) is 11.5. The number of esters is 1. The van der Waals surface area contributed by atoms with Gasteiger partial charge in [0.1, 0.15) is 5.82 Å². The lowest BCUT2D eigenvalue weighted by Gasteiger charge is -2.26. The first kappa shape index (κ1) is 24.6. The Balaban J connectivity index is 2.13. The molecule has 32 heavy (non-hydrogen) atoms. The van der Waals surface area contributed by atoms with Crippen molar-refractivity contribution >= 4 is 17.0 Å². The molecule has 2 aromatic carbocycles. The summed E-state index contributed by atoms with van der Waals surface area (Å²) in [7, 11) is -1.36. The Kier molecular flexibility index (Phi) is 7.56. The number of halogens is 1. The summed E-state index contributed by atoms with van der Waals surface area (Å²) >= 11 is 0. The quantitative estimate of drug-likeness (QED) is 0.545. The van der Waals surface area contributed by atoms with Crippen LogP contribution < -0.4 is 4.72 Å². The van der Waals surface area contributed by atoms with Crippen LogP contribution in [0.2, 0.25) is 0 Å². The van der Waals surface area contributed by atoms with Crippen molar-refractivity contribution in [2.75, 3.05) is 6.61 Å². The van der Waals surface area contributed by atoms with E-state index in [1.807, 2.05) is 34.6 Å². The molecule has 2 atom stereocenters. The first-order valence-corrected chi connectivity index (χ1v) is 12.4. The summed E-state index contributed by atoms with van der Waals surface area (Å²) in [5.74, 6) is -0.564. The van der Waals surface area contributed by atoms with Gasteiger partial charge in [-0.05, 0) is 118 Å². The molecular formula is C26H34FNO3S. The summed E-state index contributed by atoms with van der Waals surface area (Å²) in [5.41, 5.74) is 7.36. The summed E-state index contributed by atoms with van der Waals surface area (Å²) in [6, 6.07) is 6.92. The number of rotatable bonds is 7. The van der Waals surface area contributed by atoms with Crippen molar-refractivity contribution < 1.29 is 18.1 Å². The van der Waals surface area contributed by atoms with Crippen molar-refractivity contribution in [3.63, 3.8) is 0 Å². The Labute approximate surface area is 193 Å². The van der Waals surface area contributed by atoms with Gasteiger partial charge in [-0.25, -0.2) is 13.3 Å². The molecule has 0 saturated carbocycles. The van der Waals surface area contributed by atoms with Crippen LogP contribution in [0.1, 0.15) is 74.4 Å². The van der Waals surface area contributed by atoms with Crippen molar-refractivity contribution in [3.05, 3.63) is 57.9 Å². The molecule has 0 aliphatic heterocycles. The highest BCUT2D eigenvalue weighted by atomic mass is 32.2. The predicted octanol–water partition coefficient (Wildman–Crippen LogP) is 5.64. The average Bonchev–Trinajstić information content (AvgIpc) is 3.14. The Morgan fingerprint density at radius 1 is 1.16 bits per heavy atom. The van der Waals surface area contributed by atoms with Crippen LogP contribution >= 0.6 is 0 Å². The molecular weight excluding hydrogens is 425 g/mol. The minimum Gasteiger partial charge on any atom is -0.466 e. The van der Waals surface area contributed by atoms with E-state index in [2.05, 4.69) is 16.9 Å². The van der Waals surface area contributed by atoms with Crippen LogP contribution in [0, 0.1) is 19.7 Å². The zero-order chi connectivity index (χ0) is 23.6. The molecule has 4 nitrogen and oxygen atoms in total. The van der Waals surface area contributed by atoms with Crippen LogP contribution in [-0.4, -0.2) is 21.5 Å². The number of fused-ring (bicyclic) bond motifs is 1. The fourth-order valence-electron chi connectivity index (χ4n) is 4.41. The van der Waals surface area contributed by atoms with Crippen molar-refractivity contribution in [2.24, 2.45) is 0 Å². The van der Waals surface area contributed by atoms with Gasteiger partial charge in [-0.2, -0.15) is 0 Å². The van der Waals surface area contributed by atoms with E-state index in [1.165, 1.54) is 11.1 Å². The molecule has 1 N–H and O–H groups in total. The number of hydrogen-bond donors (Lipinski definition) is 1. The lowest BCUT2D eigenvalue weighted by molar-refractivity contribution is -0.143. The molecule has 0 aromatic heterocycles. The van der Waals surface area contributed by atoms with Gasteiger partial charge in [0, 0.05) is 0 Å². The van der Waals surface area contributed by atoms with E-state index in [-0.39, 0.29) is 18.2 Å². The maximum Gasteiger partial charge on any atom is 0.307 e. The molecule has 174 valence electrons. The fraction of sp³-hybridized carbons (Fsp3) is 0.500. The maximum absolute atomic E-state index is 14.0. The summed E-state index contributed by atoms with van der Waals surface area (Å²) in [6.45, 7) is 11.6. The smallest absolute Gasteiger partial charge is 0.307 e. The number of ether oxygens (including phenoxy) is 1. The molecule has 6 heteroatoms. The Morgan fingerprint density at radius 2 is 1.81 bits per heavy atom. The minimum atomic E-state index is -1.36. The van der Waals surface area contributed by atoms with E-state index >= 15 is 0 Å². The number of carbonyl (C=O) groups is 1. The van der Waals surface area contributed by atoms with Crippen LogP contribution in [0.15, 0.2) is 24.3 Å². The molecule has 3 rings (SSSR count). The lowest BCUT2D eigenvalue weighted by Crippen LogP contribution is -2.36. The number of aryl methyl sites for hydroxylation is 3. The van der Waals surface area contributed by atoms with E-state index in [0.29, 0.717) is 6.61 Å². The van der Waals surface area contributed by atoms with Gasteiger partial charge in [-0.15, -0.1) is 0 Å². The number of hydrogen-bond acceptors (Lipinski definition) is 3. The molecule has 0 amide bonds. The zero-order valence-electron chi connectivity index (χ0n) is 19.9. The van der Waals surface area contributed by atoms with E-state index in [9.17, 15) is 13.4 Å². The van der Waals surface area contributed by atoms with Crippen LogP contribution in [0.3, 0.4) is 0 Å². The fourth-order valence-corrected chi connectivity index (χ4v) is 5.24. The van der Waals surface area contributed by atoms with Gasteiger partial charge in [-0.3, -0.25) is 4.79 Å². The topological polar surface area (TPSA) is 55.4 Å². The lowest BCUT2D eigenvalue weighted by atomic mass is 9.87. The standard InChI is InChI=1S/C26H34FNO3S/c1-7-31-24(29)15-23(28-32(30)26(4,5)6)19-13-18-9-8-10-21(18)22(14-19)25-16(2)11-20(27)12-17(25)3/h11-14,23,28H,7-10,15H2,1-6H3/t23?,32-/m1/s1. The van der Waals surface area contributed by atoms with Crippen molar-refractivity contribution in [3.8, 4) is 11.1 Å². The maximum atomic E-state index is 14.0. The van der Waals surface area contributed by atoms with Crippen LogP contribution in [0.5, 0.6) is 0 Å². The highest BCUT2D eigenvalue weighted by Crippen LogP contribution is 2.39. The molecule has 0 saturated heterocycles. The molecule has 0 fully saturated rings. The monoisotopic (exact) mass is 459 g/mol. The van der Waals surface area contributed by atoms with Crippen molar-refractivity contribution in [2.45, 2.75) is 78.0 Å². The molecule has 1 aliphatic rings. The third kappa shape index (κ3) is 5.46. The highest BCUT2D eigenvalue weighted by Gasteiger charge is 2.28. The molecule has 1 unspecified atom stereocenters. The average molecular weight is 460 g/mol.